The minimum Gasteiger partial charge on any atom is -0.398 e. The number of primary amides is 1. The largest absolute Gasteiger partial charge is 0.398 e. The second-order valence-corrected chi connectivity index (χ2v) is 7.82. The third-order valence-electron chi connectivity index (χ3n) is 2.56. The van der Waals surface area contributed by atoms with Crippen LogP contribution in [0.15, 0.2) is 23.1 Å². The molecule has 0 heterocycles. The molecule has 0 fully saturated rings. The first-order chi connectivity index (χ1) is 9.59. The van der Waals surface area contributed by atoms with Crippen molar-refractivity contribution < 1.29 is 21.6 Å². The molecule has 0 atom stereocenters. The van der Waals surface area contributed by atoms with Crippen molar-refractivity contribution in [1.29, 1.82) is 0 Å². The molecule has 118 valence electrons. The lowest BCUT2D eigenvalue weighted by Crippen LogP contribution is -2.33. The molecule has 0 saturated heterocycles. The highest BCUT2D eigenvalue weighted by atomic mass is 32.2. The normalized spacial score (nSPS) is 12.2. The van der Waals surface area contributed by atoms with E-state index in [1.54, 1.807) is 0 Å². The number of hydrogen-bond acceptors (Lipinski definition) is 6. The van der Waals surface area contributed by atoms with Crippen molar-refractivity contribution in [3.63, 3.8) is 0 Å². The molecule has 0 spiro atoms. The quantitative estimate of drug-likeness (QED) is 0.429. The van der Waals surface area contributed by atoms with Gasteiger partial charge in [-0.15, -0.1) is 0 Å². The highest BCUT2D eigenvalue weighted by molar-refractivity contribution is 7.90. The zero-order valence-corrected chi connectivity index (χ0v) is 12.8. The number of amides is 1. The van der Waals surface area contributed by atoms with E-state index in [0.29, 0.717) is 0 Å². The lowest BCUT2D eigenvalue weighted by molar-refractivity contribution is 0.1000. The van der Waals surface area contributed by atoms with Crippen molar-refractivity contribution in [1.82, 2.24) is 9.44 Å². The number of nitrogen functional groups attached to an aromatic ring is 1. The predicted octanol–water partition coefficient (Wildman–Crippen LogP) is -1.80. The van der Waals surface area contributed by atoms with Crippen molar-refractivity contribution in [2.24, 2.45) is 5.73 Å². The molecule has 21 heavy (non-hydrogen) atoms. The molecule has 0 saturated carbocycles. The molecular weight excluding hydrogens is 320 g/mol. The predicted molar refractivity (Wildman–Crippen MR) is 77.4 cm³/mol. The van der Waals surface area contributed by atoms with Crippen LogP contribution in [0, 0.1) is 0 Å². The first-order valence-corrected chi connectivity index (χ1v) is 8.83. The third kappa shape index (κ3) is 4.67. The number of sulfonamides is 2. The summed E-state index contributed by atoms with van der Waals surface area (Å²) in [6.45, 7) is -0.317. The van der Waals surface area contributed by atoms with Crippen molar-refractivity contribution in [2.75, 3.05) is 25.1 Å². The summed E-state index contributed by atoms with van der Waals surface area (Å²) in [6, 6.07) is 3.49. The van der Waals surface area contributed by atoms with E-state index >= 15 is 0 Å². The fraction of sp³-hybridized carbons (Fsp3) is 0.300. The number of anilines is 1. The summed E-state index contributed by atoms with van der Waals surface area (Å²) in [5.74, 6) is -1.15. The minimum absolute atomic E-state index is 0.0733. The van der Waals surface area contributed by atoms with Gasteiger partial charge in [-0.05, 0) is 25.2 Å². The van der Waals surface area contributed by atoms with Gasteiger partial charge >= 0.3 is 0 Å². The summed E-state index contributed by atoms with van der Waals surface area (Å²) in [5, 5.41) is 0. The van der Waals surface area contributed by atoms with Gasteiger partial charge in [0.15, 0.2) is 0 Å². The molecule has 0 bridgehead atoms. The second kappa shape index (κ2) is 6.39. The number of carbonyl (C=O) groups excluding carboxylic acids is 1. The van der Waals surface area contributed by atoms with E-state index in [9.17, 15) is 21.6 Å². The van der Waals surface area contributed by atoms with Gasteiger partial charge in [0.05, 0.1) is 11.4 Å². The van der Waals surface area contributed by atoms with Crippen LogP contribution in [0.4, 0.5) is 5.69 Å². The summed E-state index contributed by atoms with van der Waals surface area (Å²) in [6.07, 6.45) is 0. The molecule has 1 aromatic rings. The number of benzene rings is 1. The van der Waals surface area contributed by atoms with E-state index < -0.39 is 31.7 Å². The van der Waals surface area contributed by atoms with Crippen LogP contribution >= 0.6 is 0 Å². The number of rotatable bonds is 7. The molecule has 0 radical (unpaired) electrons. The average Bonchev–Trinajstić information content (AvgIpc) is 2.37. The highest BCUT2D eigenvalue weighted by Crippen LogP contribution is 2.19. The van der Waals surface area contributed by atoms with Crippen LogP contribution in [-0.4, -0.2) is 42.1 Å². The molecule has 0 aliphatic heterocycles. The van der Waals surface area contributed by atoms with Crippen LogP contribution in [0.2, 0.25) is 0 Å². The smallest absolute Gasteiger partial charge is 0.248 e. The molecule has 1 amide bonds. The third-order valence-corrected chi connectivity index (χ3v) is 5.46. The fourth-order valence-electron chi connectivity index (χ4n) is 1.44. The lowest BCUT2D eigenvalue weighted by atomic mass is 10.2. The summed E-state index contributed by atoms with van der Waals surface area (Å²) in [5.41, 5.74) is 10.5. The molecule has 6 N–H and O–H groups in total. The monoisotopic (exact) mass is 336 g/mol. The lowest BCUT2D eigenvalue weighted by Gasteiger charge is -2.10. The Kier molecular flexibility index (Phi) is 5.28. The SMILES string of the molecule is CNS(=O)(=O)CCNS(=O)(=O)c1ccc(C(N)=O)cc1N. The van der Waals surface area contributed by atoms with Crippen molar-refractivity contribution in [2.45, 2.75) is 4.90 Å². The van der Waals surface area contributed by atoms with Gasteiger partial charge < -0.3 is 11.5 Å². The molecule has 1 aromatic carbocycles. The molecular formula is C10H16N4O5S2. The van der Waals surface area contributed by atoms with Gasteiger partial charge in [0, 0.05) is 12.1 Å². The zero-order valence-electron chi connectivity index (χ0n) is 11.2. The summed E-state index contributed by atoms with van der Waals surface area (Å²) in [7, 11) is -6.28. The highest BCUT2D eigenvalue weighted by Gasteiger charge is 2.19. The Balaban J connectivity index is 2.91. The van der Waals surface area contributed by atoms with E-state index in [1.807, 2.05) is 0 Å². The van der Waals surface area contributed by atoms with Crippen LogP contribution in [0.1, 0.15) is 10.4 Å². The van der Waals surface area contributed by atoms with Crippen molar-refractivity contribution in [3.8, 4) is 0 Å². The number of carbonyl (C=O) groups is 1. The fourth-order valence-corrected chi connectivity index (χ4v) is 3.28. The van der Waals surface area contributed by atoms with Crippen molar-refractivity contribution in [3.05, 3.63) is 23.8 Å². The van der Waals surface area contributed by atoms with E-state index in [1.165, 1.54) is 13.1 Å². The Morgan fingerprint density at radius 2 is 1.86 bits per heavy atom. The number of hydrogen-bond donors (Lipinski definition) is 4. The van der Waals surface area contributed by atoms with Crippen molar-refractivity contribution >= 4 is 31.6 Å². The first-order valence-electron chi connectivity index (χ1n) is 5.69. The Morgan fingerprint density at radius 1 is 1.24 bits per heavy atom. The molecule has 0 aliphatic rings. The Labute approximate surface area is 122 Å². The topological polar surface area (TPSA) is 161 Å². The maximum absolute atomic E-state index is 12.0. The summed E-state index contributed by atoms with van der Waals surface area (Å²) < 4.78 is 50.5. The maximum atomic E-state index is 12.0. The Hall–Kier alpha value is -1.69. The van der Waals surface area contributed by atoms with Gasteiger partial charge in [0.25, 0.3) is 0 Å². The Morgan fingerprint density at radius 3 is 2.33 bits per heavy atom. The number of nitrogens with two attached hydrogens (primary N) is 2. The van der Waals surface area contributed by atoms with E-state index in [0.717, 1.165) is 12.1 Å². The maximum Gasteiger partial charge on any atom is 0.248 e. The first kappa shape index (κ1) is 17.4. The van der Waals surface area contributed by atoms with Crippen LogP contribution < -0.4 is 20.9 Å². The molecule has 11 heteroatoms. The second-order valence-electron chi connectivity index (χ2n) is 4.04. The van der Waals surface area contributed by atoms with Gasteiger partial charge in [-0.25, -0.2) is 26.3 Å². The summed E-state index contributed by atoms with van der Waals surface area (Å²) >= 11 is 0. The van der Waals surface area contributed by atoms with Crippen LogP contribution in [-0.2, 0) is 20.0 Å². The molecule has 0 unspecified atom stereocenters. The molecule has 9 nitrogen and oxygen atoms in total. The van der Waals surface area contributed by atoms with Crippen LogP contribution in [0.25, 0.3) is 0 Å². The van der Waals surface area contributed by atoms with Gasteiger partial charge in [-0.2, -0.15) is 0 Å². The molecule has 0 aliphatic carbocycles. The van der Waals surface area contributed by atoms with Crippen LogP contribution in [0.5, 0.6) is 0 Å². The van der Waals surface area contributed by atoms with E-state index in [-0.39, 0.29) is 22.7 Å². The minimum atomic E-state index is -3.98. The average molecular weight is 336 g/mol. The van der Waals surface area contributed by atoms with Crippen LogP contribution in [0.3, 0.4) is 0 Å². The van der Waals surface area contributed by atoms with E-state index in [2.05, 4.69) is 9.44 Å². The number of nitrogens with one attached hydrogen (secondary N) is 2. The standard InChI is InChI=1S/C10H16N4O5S2/c1-13-20(16,17)5-4-14-21(18,19)9-3-2-7(10(12)15)6-8(9)11/h2-3,6,13-14H,4-5,11H2,1H3,(H2,12,15). The molecule has 0 aromatic heterocycles. The van der Waals surface area contributed by atoms with Gasteiger partial charge in [-0.3, -0.25) is 4.79 Å². The van der Waals surface area contributed by atoms with Gasteiger partial charge in [0.1, 0.15) is 4.90 Å². The van der Waals surface area contributed by atoms with Gasteiger partial charge in [-0.1, -0.05) is 0 Å². The Bertz CT molecular complexity index is 743. The van der Waals surface area contributed by atoms with E-state index in [4.69, 9.17) is 11.5 Å². The summed E-state index contributed by atoms with van der Waals surface area (Å²) in [4.78, 5) is 10.7. The molecule has 1 rings (SSSR count). The zero-order chi connectivity index (χ0) is 16.3. The van der Waals surface area contributed by atoms with Gasteiger partial charge in [0.2, 0.25) is 26.0 Å².